The van der Waals surface area contributed by atoms with Gasteiger partial charge in [-0.1, -0.05) is 20.3 Å². The van der Waals surface area contributed by atoms with Gasteiger partial charge in [-0.15, -0.1) is 11.3 Å². The van der Waals surface area contributed by atoms with Crippen molar-refractivity contribution in [3.8, 4) is 0 Å². The number of nitrogens with zero attached hydrogens (tertiary/aromatic N) is 1. The van der Waals surface area contributed by atoms with Crippen molar-refractivity contribution in [1.29, 1.82) is 0 Å². The summed E-state index contributed by atoms with van der Waals surface area (Å²) in [4.78, 5) is 6.36. The number of rotatable bonds is 5. The first-order valence-corrected chi connectivity index (χ1v) is 7.23. The monoisotopic (exact) mass is 238 g/mol. The Balaban J connectivity index is 2.13. The Morgan fingerprint density at radius 1 is 1.44 bits per heavy atom. The maximum atomic E-state index is 4.82. The zero-order valence-electron chi connectivity index (χ0n) is 10.5. The third-order valence-electron chi connectivity index (χ3n) is 3.50. The minimum atomic E-state index is 0.454. The lowest BCUT2D eigenvalue weighted by Crippen LogP contribution is -2.23. The molecule has 1 aliphatic rings. The topological polar surface area (TPSA) is 24.9 Å². The van der Waals surface area contributed by atoms with Crippen LogP contribution in [0, 0.1) is 5.92 Å². The lowest BCUT2D eigenvalue weighted by Gasteiger charge is -2.21. The molecule has 2 nitrogen and oxygen atoms in total. The van der Waals surface area contributed by atoms with Crippen LogP contribution >= 0.6 is 11.3 Å². The second-order valence-electron chi connectivity index (χ2n) is 4.81. The molecular formula is C13H22N2S. The molecule has 2 unspecified atom stereocenters. The summed E-state index contributed by atoms with van der Waals surface area (Å²) in [5, 5.41) is 4.75. The van der Waals surface area contributed by atoms with Crippen LogP contribution in [-0.4, -0.2) is 12.0 Å². The molecule has 2 atom stereocenters. The molecule has 0 bridgehead atoms. The predicted octanol–water partition coefficient (Wildman–Crippen LogP) is 3.33. The van der Waals surface area contributed by atoms with E-state index in [1.54, 1.807) is 4.88 Å². The van der Waals surface area contributed by atoms with Crippen molar-refractivity contribution in [1.82, 2.24) is 10.3 Å². The summed E-state index contributed by atoms with van der Waals surface area (Å²) in [5.74, 6) is 0.682. The number of fused-ring (bicyclic) bond motifs is 1. The van der Waals surface area contributed by atoms with Gasteiger partial charge in [0, 0.05) is 4.88 Å². The van der Waals surface area contributed by atoms with Gasteiger partial charge in [0.2, 0.25) is 0 Å². The summed E-state index contributed by atoms with van der Waals surface area (Å²) in [6, 6.07) is 0.454. The Morgan fingerprint density at radius 3 is 2.88 bits per heavy atom. The van der Waals surface area contributed by atoms with Crippen molar-refractivity contribution in [2.75, 3.05) is 7.05 Å². The van der Waals surface area contributed by atoms with Gasteiger partial charge in [-0.05, 0) is 38.6 Å². The third kappa shape index (κ3) is 2.30. The van der Waals surface area contributed by atoms with Crippen molar-refractivity contribution in [2.24, 2.45) is 5.92 Å². The molecule has 1 aromatic rings. The molecule has 0 aromatic carbocycles. The zero-order valence-corrected chi connectivity index (χ0v) is 11.4. The number of nitrogens with one attached hydrogen (secondary N) is 1. The van der Waals surface area contributed by atoms with E-state index < -0.39 is 0 Å². The fourth-order valence-electron chi connectivity index (χ4n) is 2.62. The number of aryl methyl sites for hydroxylation is 2. The zero-order chi connectivity index (χ0) is 11.5. The smallest absolute Gasteiger partial charge is 0.110 e. The average Bonchev–Trinajstić information content (AvgIpc) is 2.79. The molecule has 0 radical (unpaired) electrons. The first kappa shape index (κ1) is 12.1. The lowest BCUT2D eigenvalue weighted by atomic mass is 9.97. The SMILES string of the molecule is CCCC(C)C(NC)c1nc2c(s1)CCC2. The summed E-state index contributed by atoms with van der Waals surface area (Å²) in [5.41, 5.74) is 1.38. The van der Waals surface area contributed by atoms with Crippen molar-refractivity contribution in [3.05, 3.63) is 15.6 Å². The van der Waals surface area contributed by atoms with Crippen LogP contribution < -0.4 is 5.32 Å². The van der Waals surface area contributed by atoms with Gasteiger partial charge in [0.1, 0.15) is 5.01 Å². The highest BCUT2D eigenvalue weighted by molar-refractivity contribution is 7.11. The van der Waals surface area contributed by atoms with Gasteiger partial charge in [0.05, 0.1) is 11.7 Å². The van der Waals surface area contributed by atoms with Crippen LogP contribution in [0.15, 0.2) is 0 Å². The van der Waals surface area contributed by atoms with Crippen LogP contribution in [0.3, 0.4) is 0 Å². The van der Waals surface area contributed by atoms with Crippen LogP contribution in [0.2, 0.25) is 0 Å². The molecular weight excluding hydrogens is 216 g/mol. The molecule has 1 aliphatic carbocycles. The van der Waals surface area contributed by atoms with E-state index in [0.29, 0.717) is 12.0 Å². The predicted molar refractivity (Wildman–Crippen MR) is 70.0 cm³/mol. The highest BCUT2D eigenvalue weighted by atomic mass is 32.1. The van der Waals surface area contributed by atoms with Crippen molar-refractivity contribution >= 4 is 11.3 Å². The molecule has 1 aromatic heterocycles. The Labute approximate surface area is 102 Å². The fourth-order valence-corrected chi connectivity index (χ4v) is 4.01. The van der Waals surface area contributed by atoms with E-state index in [9.17, 15) is 0 Å². The van der Waals surface area contributed by atoms with Crippen LogP contribution in [0.1, 0.15) is 54.7 Å². The Morgan fingerprint density at radius 2 is 2.25 bits per heavy atom. The van der Waals surface area contributed by atoms with Gasteiger partial charge in [-0.2, -0.15) is 0 Å². The number of hydrogen-bond donors (Lipinski definition) is 1. The van der Waals surface area contributed by atoms with Crippen LogP contribution in [-0.2, 0) is 12.8 Å². The minimum Gasteiger partial charge on any atom is -0.311 e. The molecule has 0 spiro atoms. The van der Waals surface area contributed by atoms with Crippen LogP contribution in [0.25, 0.3) is 0 Å². The molecule has 1 N–H and O–H groups in total. The van der Waals surface area contributed by atoms with E-state index in [-0.39, 0.29) is 0 Å². The molecule has 0 saturated carbocycles. The molecule has 16 heavy (non-hydrogen) atoms. The Hall–Kier alpha value is -0.410. The second-order valence-corrected chi connectivity index (χ2v) is 5.92. The van der Waals surface area contributed by atoms with Gasteiger partial charge in [0.15, 0.2) is 0 Å². The highest BCUT2D eigenvalue weighted by Gasteiger charge is 2.24. The van der Waals surface area contributed by atoms with E-state index in [1.165, 1.54) is 42.8 Å². The van der Waals surface area contributed by atoms with Gasteiger partial charge < -0.3 is 5.32 Å². The summed E-state index contributed by atoms with van der Waals surface area (Å²) in [7, 11) is 2.06. The lowest BCUT2D eigenvalue weighted by molar-refractivity contribution is 0.382. The maximum Gasteiger partial charge on any atom is 0.110 e. The van der Waals surface area contributed by atoms with Gasteiger partial charge in [-0.25, -0.2) is 4.98 Å². The minimum absolute atomic E-state index is 0.454. The summed E-state index contributed by atoms with van der Waals surface area (Å²) < 4.78 is 0. The van der Waals surface area contributed by atoms with Crippen molar-refractivity contribution in [3.63, 3.8) is 0 Å². The van der Waals surface area contributed by atoms with Crippen LogP contribution in [0.4, 0.5) is 0 Å². The molecule has 1 heterocycles. The largest absolute Gasteiger partial charge is 0.311 e. The molecule has 0 aliphatic heterocycles. The molecule has 0 saturated heterocycles. The fraction of sp³-hybridized carbons (Fsp3) is 0.769. The van der Waals surface area contributed by atoms with E-state index in [0.717, 1.165) is 0 Å². The van der Waals surface area contributed by atoms with Gasteiger partial charge in [0.25, 0.3) is 0 Å². The molecule has 0 amide bonds. The first-order chi connectivity index (χ1) is 7.76. The Bertz CT molecular complexity index is 324. The normalized spacial score (nSPS) is 18.4. The second kappa shape index (κ2) is 5.28. The van der Waals surface area contributed by atoms with Gasteiger partial charge in [-0.3, -0.25) is 0 Å². The standard InChI is InChI=1S/C13H22N2S/c1-4-6-9(2)12(14-3)13-15-10-7-5-8-11(10)16-13/h9,12,14H,4-8H2,1-3H3. The van der Waals surface area contributed by atoms with E-state index in [2.05, 4.69) is 26.2 Å². The summed E-state index contributed by atoms with van der Waals surface area (Å²) in [6.07, 6.45) is 6.29. The molecule has 90 valence electrons. The van der Waals surface area contributed by atoms with Crippen molar-refractivity contribution in [2.45, 2.75) is 52.0 Å². The highest BCUT2D eigenvalue weighted by Crippen LogP contribution is 2.34. The number of thiazole rings is 1. The third-order valence-corrected chi connectivity index (χ3v) is 4.74. The van der Waals surface area contributed by atoms with E-state index in [4.69, 9.17) is 4.98 Å². The Kier molecular flexibility index (Phi) is 3.98. The van der Waals surface area contributed by atoms with Crippen molar-refractivity contribution < 1.29 is 0 Å². The summed E-state index contributed by atoms with van der Waals surface area (Å²) >= 11 is 1.94. The van der Waals surface area contributed by atoms with Crippen LogP contribution in [0.5, 0.6) is 0 Å². The molecule has 0 fully saturated rings. The maximum absolute atomic E-state index is 4.82. The first-order valence-electron chi connectivity index (χ1n) is 6.42. The van der Waals surface area contributed by atoms with E-state index >= 15 is 0 Å². The molecule has 3 heteroatoms. The van der Waals surface area contributed by atoms with E-state index in [1.807, 2.05) is 11.3 Å². The molecule has 2 rings (SSSR count). The average molecular weight is 238 g/mol. The number of aromatic nitrogens is 1. The number of hydrogen-bond acceptors (Lipinski definition) is 3. The summed E-state index contributed by atoms with van der Waals surface area (Å²) in [6.45, 7) is 4.59. The van der Waals surface area contributed by atoms with Gasteiger partial charge >= 0.3 is 0 Å². The quantitative estimate of drug-likeness (QED) is 0.851.